The minimum absolute atomic E-state index is 0.189. The fraction of sp³-hybridized carbons (Fsp3) is 0.308. The summed E-state index contributed by atoms with van der Waals surface area (Å²) in [5.41, 5.74) is 0.607. The van der Waals surface area contributed by atoms with Gasteiger partial charge in [0.15, 0.2) is 0 Å². The second-order valence-corrected chi connectivity index (χ2v) is 6.84. The van der Waals surface area contributed by atoms with Gasteiger partial charge in [-0.3, -0.25) is 4.98 Å². The van der Waals surface area contributed by atoms with Gasteiger partial charge in [0.2, 0.25) is 10.0 Å². The van der Waals surface area contributed by atoms with Crippen LogP contribution < -0.4 is 0 Å². The van der Waals surface area contributed by atoms with Gasteiger partial charge in [0.05, 0.1) is 23.8 Å². The van der Waals surface area contributed by atoms with Crippen LogP contribution >= 0.6 is 11.6 Å². The lowest BCUT2D eigenvalue weighted by atomic mass is 10.2. The van der Waals surface area contributed by atoms with Crippen molar-refractivity contribution in [2.75, 3.05) is 26.3 Å². The Balaban J connectivity index is 2.05. The number of nitrogens with zero attached hydrogens (tertiary/aromatic N) is 2. The highest BCUT2D eigenvalue weighted by Gasteiger charge is 2.26. The van der Waals surface area contributed by atoms with E-state index in [1.807, 2.05) is 0 Å². The molecule has 0 unspecified atom stereocenters. The quantitative estimate of drug-likeness (QED) is 0.850. The molecule has 0 spiro atoms. The highest BCUT2D eigenvalue weighted by Crippen LogP contribution is 2.25. The molecule has 0 saturated carbocycles. The Kier molecular flexibility index (Phi) is 3.64. The standard InChI is InChI=1S/C13H13ClN2O3S/c14-12-3-1-2-10-8-11(9-15-13(10)12)20(17,18)16-4-6-19-7-5-16/h1-3,8-9H,4-7H2. The van der Waals surface area contributed by atoms with Gasteiger partial charge in [-0.1, -0.05) is 23.7 Å². The van der Waals surface area contributed by atoms with Crippen molar-refractivity contribution in [2.45, 2.75) is 4.90 Å². The van der Waals surface area contributed by atoms with Gasteiger partial charge in [0, 0.05) is 24.7 Å². The average Bonchev–Trinajstić information content (AvgIpc) is 2.48. The zero-order valence-corrected chi connectivity index (χ0v) is 12.2. The SMILES string of the molecule is O=S(=O)(c1cnc2c(Cl)cccc2c1)N1CCOCC1. The van der Waals surface area contributed by atoms with Crippen molar-refractivity contribution in [3.8, 4) is 0 Å². The lowest BCUT2D eigenvalue weighted by Crippen LogP contribution is -2.40. The number of morpholine rings is 1. The number of hydrogen-bond acceptors (Lipinski definition) is 4. The van der Waals surface area contributed by atoms with E-state index < -0.39 is 10.0 Å². The smallest absolute Gasteiger partial charge is 0.244 e. The molecule has 0 aliphatic carbocycles. The number of fused-ring (bicyclic) bond motifs is 1. The molecule has 1 aromatic carbocycles. The molecule has 3 rings (SSSR count). The van der Waals surface area contributed by atoms with Gasteiger partial charge in [-0.25, -0.2) is 8.42 Å². The van der Waals surface area contributed by atoms with Crippen molar-refractivity contribution in [2.24, 2.45) is 0 Å². The van der Waals surface area contributed by atoms with Crippen LogP contribution in [0.4, 0.5) is 0 Å². The van der Waals surface area contributed by atoms with Crippen LogP contribution in [0.2, 0.25) is 5.02 Å². The van der Waals surface area contributed by atoms with Crippen LogP contribution in [0.3, 0.4) is 0 Å². The van der Waals surface area contributed by atoms with Crippen LogP contribution in [0, 0.1) is 0 Å². The third-order valence-corrected chi connectivity index (χ3v) is 5.41. The van der Waals surface area contributed by atoms with Gasteiger partial charge in [-0.05, 0) is 12.1 Å². The van der Waals surface area contributed by atoms with Crippen LogP contribution in [0.15, 0.2) is 35.4 Å². The number of sulfonamides is 1. The Bertz CT molecular complexity index is 742. The number of pyridine rings is 1. The van der Waals surface area contributed by atoms with Crippen molar-refractivity contribution >= 4 is 32.5 Å². The maximum Gasteiger partial charge on any atom is 0.244 e. The summed E-state index contributed by atoms with van der Waals surface area (Å²) in [7, 11) is -3.52. The molecule has 20 heavy (non-hydrogen) atoms. The number of benzene rings is 1. The molecule has 0 N–H and O–H groups in total. The summed E-state index contributed by atoms with van der Waals surface area (Å²) in [5, 5.41) is 1.23. The molecule has 2 heterocycles. The molecule has 2 aromatic rings. The molecule has 0 amide bonds. The molecular weight excluding hydrogens is 300 g/mol. The van der Waals surface area contributed by atoms with Gasteiger partial charge < -0.3 is 4.74 Å². The minimum atomic E-state index is -3.52. The van der Waals surface area contributed by atoms with Gasteiger partial charge >= 0.3 is 0 Å². The molecule has 1 aromatic heterocycles. The van der Waals surface area contributed by atoms with E-state index in [2.05, 4.69) is 4.98 Å². The van der Waals surface area contributed by atoms with E-state index >= 15 is 0 Å². The van der Waals surface area contributed by atoms with Crippen molar-refractivity contribution in [3.63, 3.8) is 0 Å². The first-order chi connectivity index (χ1) is 9.59. The highest BCUT2D eigenvalue weighted by molar-refractivity contribution is 7.89. The molecule has 106 valence electrons. The summed E-state index contributed by atoms with van der Waals surface area (Å²) in [6.45, 7) is 1.59. The van der Waals surface area contributed by atoms with Gasteiger partial charge in [-0.15, -0.1) is 0 Å². The Hall–Kier alpha value is -1.21. The fourth-order valence-electron chi connectivity index (χ4n) is 2.18. The van der Waals surface area contributed by atoms with E-state index in [4.69, 9.17) is 16.3 Å². The van der Waals surface area contributed by atoms with Crippen molar-refractivity contribution in [1.29, 1.82) is 0 Å². The maximum absolute atomic E-state index is 12.5. The predicted molar refractivity (Wildman–Crippen MR) is 76.3 cm³/mol. The highest BCUT2D eigenvalue weighted by atomic mass is 35.5. The first-order valence-corrected chi connectivity index (χ1v) is 8.03. The maximum atomic E-state index is 12.5. The zero-order chi connectivity index (χ0) is 14.2. The van der Waals surface area contributed by atoms with E-state index in [9.17, 15) is 8.42 Å². The van der Waals surface area contributed by atoms with E-state index in [-0.39, 0.29) is 4.90 Å². The molecule has 5 nitrogen and oxygen atoms in total. The minimum Gasteiger partial charge on any atom is -0.379 e. The normalized spacial score (nSPS) is 17.4. The summed E-state index contributed by atoms with van der Waals surface area (Å²) >= 11 is 6.03. The number of hydrogen-bond donors (Lipinski definition) is 0. The molecule has 0 atom stereocenters. The second kappa shape index (κ2) is 5.29. The molecule has 7 heteroatoms. The van der Waals surface area contributed by atoms with E-state index in [1.54, 1.807) is 24.3 Å². The van der Waals surface area contributed by atoms with E-state index in [0.29, 0.717) is 42.2 Å². The van der Waals surface area contributed by atoms with E-state index in [1.165, 1.54) is 10.5 Å². The zero-order valence-electron chi connectivity index (χ0n) is 10.6. The number of ether oxygens (including phenoxy) is 1. The first kappa shape index (κ1) is 13.8. The summed E-state index contributed by atoms with van der Waals surface area (Å²) < 4.78 is 31.6. The molecule has 0 bridgehead atoms. The topological polar surface area (TPSA) is 59.5 Å². The molecule has 1 aliphatic heterocycles. The lowest BCUT2D eigenvalue weighted by molar-refractivity contribution is 0.0730. The van der Waals surface area contributed by atoms with Gasteiger partial charge in [0.25, 0.3) is 0 Å². The number of halogens is 1. The Labute approximate surface area is 122 Å². The molecule has 0 radical (unpaired) electrons. The summed E-state index contributed by atoms with van der Waals surface area (Å²) in [6, 6.07) is 6.91. The van der Waals surface area contributed by atoms with Crippen LogP contribution in [-0.2, 0) is 14.8 Å². The van der Waals surface area contributed by atoms with Crippen LogP contribution in [0.1, 0.15) is 0 Å². The number of aromatic nitrogens is 1. The lowest BCUT2D eigenvalue weighted by Gasteiger charge is -2.25. The largest absolute Gasteiger partial charge is 0.379 e. The molecular formula is C13H13ClN2O3S. The van der Waals surface area contributed by atoms with Crippen LogP contribution in [-0.4, -0.2) is 44.0 Å². The number of para-hydroxylation sites is 1. The molecule has 1 aliphatic rings. The molecule has 1 saturated heterocycles. The van der Waals surface area contributed by atoms with Crippen LogP contribution in [0.5, 0.6) is 0 Å². The van der Waals surface area contributed by atoms with Crippen molar-refractivity contribution in [1.82, 2.24) is 9.29 Å². The summed E-state index contributed by atoms with van der Waals surface area (Å²) in [4.78, 5) is 4.36. The first-order valence-electron chi connectivity index (χ1n) is 6.21. The van der Waals surface area contributed by atoms with Gasteiger partial charge in [-0.2, -0.15) is 4.31 Å². The third kappa shape index (κ3) is 2.40. The summed E-state index contributed by atoms with van der Waals surface area (Å²) in [6.07, 6.45) is 1.36. The predicted octanol–water partition coefficient (Wildman–Crippen LogP) is 1.91. The summed E-state index contributed by atoms with van der Waals surface area (Å²) in [5.74, 6) is 0. The van der Waals surface area contributed by atoms with Crippen molar-refractivity contribution in [3.05, 3.63) is 35.5 Å². The Morgan fingerprint density at radius 2 is 2.00 bits per heavy atom. The van der Waals surface area contributed by atoms with E-state index in [0.717, 1.165) is 0 Å². The second-order valence-electron chi connectivity index (χ2n) is 4.50. The monoisotopic (exact) mass is 312 g/mol. The number of rotatable bonds is 2. The Morgan fingerprint density at radius 3 is 2.75 bits per heavy atom. The van der Waals surface area contributed by atoms with Crippen LogP contribution in [0.25, 0.3) is 10.9 Å². The fourth-order valence-corrected chi connectivity index (χ4v) is 3.80. The average molecular weight is 313 g/mol. The molecule has 1 fully saturated rings. The van der Waals surface area contributed by atoms with Gasteiger partial charge in [0.1, 0.15) is 4.90 Å². The third-order valence-electron chi connectivity index (χ3n) is 3.24. The Morgan fingerprint density at radius 1 is 1.25 bits per heavy atom. The van der Waals surface area contributed by atoms with Crippen molar-refractivity contribution < 1.29 is 13.2 Å².